The zero-order chi connectivity index (χ0) is 24.3. The van der Waals surface area contributed by atoms with Gasteiger partial charge in [0.15, 0.2) is 5.13 Å². The topological polar surface area (TPSA) is 118 Å². The highest BCUT2D eigenvalue weighted by Crippen LogP contribution is 2.29. The molecule has 1 N–H and O–H groups in total. The summed E-state index contributed by atoms with van der Waals surface area (Å²) in [5.41, 5.74) is 1.05. The lowest BCUT2D eigenvalue weighted by Crippen LogP contribution is -2.50. The number of rotatable bonds is 6. The number of methoxy groups -OCH3 is 1. The van der Waals surface area contributed by atoms with E-state index in [-0.39, 0.29) is 37.7 Å². The number of aromatic nitrogens is 1. The molecule has 0 spiro atoms. The smallest absolute Gasteiger partial charge is 0.409 e. The van der Waals surface area contributed by atoms with E-state index in [0.717, 1.165) is 10.2 Å². The first-order chi connectivity index (χ1) is 16.3. The minimum Gasteiger partial charge on any atom is -0.497 e. The van der Waals surface area contributed by atoms with E-state index < -0.39 is 22.0 Å². The van der Waals surface area contributed by atoms with Gasteiger partial charge in [-0.3, -0.25) is 10.1 Å². The molecule has 180 valence electrons. The van der Waals surface area contributed by atoms with Crippen LogP contribution in [0, 0.1) is 0 Å². The number of carbonyl (C=O) groups excluding carboxylic acids is 2. The number of benzene rings is 2. The van der Waals surface area contributed by atoms with Gasteiger partial charge in [0.2, 0.25) is 10.0 Å². The summed E-state index contributed by atoms with van der Waals surface area (Å²) < 4.78 is 38.3. The predicted molar refractivity (Wildman–Crippen MR) is 128 cm³/mol. The summed E-state index contributed by atoms with van der Waals surface area (Å²) in [5.74, 6) is 0.311. The molecule has 0 aliphatic carbocycles. The third kappa shape index (κ3) is 4.98. The summed E-state index contributed by atoms with van der Waals surface area (Å²) in [7, 11) is -2.17. The molecule has 1 aliphatic heterocycles. The second-order valence-corrected chi connectivity index (χ2v) is 10.4. The van der Waals surface area contributed by atoms with Crippen LogP contribution in [0.15, 0.2) is 47.4 Å². The summed E-state index contributed by atoms with van der Waals surface area (Å²) in [6.45, 7) is 2.85. The van der Waals surface area contributed by atoms with Crippen LogP contribution < -0.4 is 10.1 Å². The Balaban J connectivity index is 1.41. The molecular formula is C22H24N4O6S2. The van der Waals surface area contributed by atoms with Crippen molar-refractivity contribution in [3.63, 3.8) is 0 Å². The fourth-order valence-corrected chi connectivity index (χ4v) is 5.82. The Hall–Kier alpha value is -3.22. The third-order valence-corrected chi connectivity index (χ3v) is 8.18. The van der Waals surface area contributed by atoms with Gasteiger partial charge in [0, 0.05) is 31.7 Å². The van der Waals surface area contributed by atoms with Crippen molar-refractivity contribution in [1.29, 1.82) is 0 Å². The van der Waals surface area contributed by atoms with E-state index in [9.17, 15) is 18.0 Å². The van der Waals surface area contributed by atoms with E-state index in [1.54, 1.807) is 20.1 Å². The molecule has 12 heteroatoms. The fraction of sp³-hybridized carbons (Fsp3) is 0.318. The van der Waals surface area contributed by atoms with Gasteiger partial charge >= 0.3 is 6.09 Å². The van der Waals surface area contributed by atoms with Gasteiger partial charge in [0.05, 0.1) is 28.8 Å². The SMILES string of the molecule is CCOC(=O)N1CCN(S(=O)(=O)c2ccc(C(=O)Nc3nc4ccc(OC)cc4s3)cc2)CC1. The maximum atomic E-state index is 13.0. The van der Waals surface area contributed by atoms with Crippen LogP contribution in [0.4, 0.5) is 9.93 Å². The lowest BCUT2D eigenvalue weighted by Gasteiger charge is -2.33. The number of sulfonamides is 1. The third-order valence-electron chi connectivity index (χ3n) is 5.33. The van der Waals surface area contributed by atoms with Crippen LogP contribution in [0.1, 0.15) is 17.3 Å². The number of hydrogen-bond donors (Lipinski definition) is 1. The minimum atomic E-state index is -3.75. The molecule has 10 nitrogen and oxygen atoms in total. The molecule has 1 fully saturated rings. The Labute approximate surface area is 201 Å². The first-order valence-corrected chi connectivity index (χ1v) is 12.9. The van der Waals surface area contributed by atoms with Gasteiger partial charge in [-0.15, -0.1) is 0 Å². The van der Waals surface area contributed by atoms with Gasteiger partial charge < -0.3 is 14.4 Å². The first kappa shape index (κ1) is 23.9. The minimum absolute atomic E-state index is 0.0840. The highest BCUT2D eigenvalue weighted by Gasteiger charge is 2.30. The summed E-state index contributed by atoms with van der Waals surface area (Å²) in [4.78, 5) is 30.4. The molecular weight excluding hydrogens is 480 g/mol. The maximum Gasteiger partial charge on any atom is 0.409 e. The van der Waals surface area contributed by atoms with Crippen molar-refractivity contribution < 1.29 is 27.5 Å². The van der Waals surface area contributed by atoms with Gasteiger partial charge in [-0.1, -0.05) is 11.3 Å². The molecule has 1 aromatic heterocycles. The van der Waals surface area contributed by atoms with Crippen molar-refractivity contribution in [3.05, 3.63) is 48.0 Å². The lowest BCUT2D eigenvalue weighted by molar-refractivity contribution is 0.0933. The van der Waals surface area contributed by atoms with E-state index in [0.29, 0.717) is 16.4 Å². The van der Waals surface area contributed by atoms with E-state index in [1.165, 1.54) is 44.8 Å². The monoisotopic (exact) mass is 504 g/mol. The standard InChI is InChI=1S/C22H24N4O6S2/c1-3-32-22(28)25-10-12-26(13-11-25)34(29,30)17-7-4-15(5-8-17)20(27)24-21-23-18-9-6-16(31-2)14-19(18)33-21/h4-9,14H,3,10-13H2,1-2H3,(H,23,24,27). The quantitative estimate of drug-likeness (QED) is 0.548. The number of nitrogens with zero attached hydrogens (tertiary/aromatic N) is 3. The number of fused-ring (bicyclic) bond motifs is 1. The normalized spacial score (nSPS) is 14.7. The molecule has 3 aromatic rings. The van der Waals surface area contributed by atoms with Crippen molar-refractivity contribution in [2.75, 3.05) is 45.2 Å². The van der Waals surface area contributed by atoms with Crippen LogP contribution in [-0.4, -0.2) is 74.5 Å². The number of amides is 2. The molecule has 4 rings (SSSR count). The second kappa shape index (κ2) is 9.95. The second-order valence-electron chi connectivity index (χ2n) is 7.42. The largest absolute Gasteiger partial charge is 0.497 e. The van der Waals surface area contributed by atoms with E-state index >= 15 is 0 Å². The molecule has 0 saturated carbocycles. The molecule has 0 bridgehead atoms. The van der Waals surface area contributed by atoms with Gasteiger partial charge in [0.1, 0.15) is 5.75 Å². The molecule has 0 unspecified atom stereocenters. The Morgan fingerprint density at radius 1 is 1.09 bits per heavy atom. The van der Waals surface area contributed by atoms with Crippen LogP contribution in [0.25, 0.3) is 10.2 Å². The Kier molecular flexibility index (Phi) is 7.00. The van der Waals surface area contributed by atoms with Crippen LogP contribution in [0.5, 0.6) is 5.75 Å². The van der Waals surface area contributed by atoms with E-state index in [4.69, 9.17) is 9.47 Å². The molecule has 2 amide bonds. The van der Waals surface area contributed by atoms with Crippen LogP contribution in [0.2, 0.25) is 0 Å². The molecule has 0 atom stereocenters. The van der Waals surface area contributed by atoms with Gasteiger partial charge in [-0.2, -0.15) is 4.31 Å². The van der Waals surface area contributed by atoms with Crippen molar-refractivity contribution in [2.24, 2.45) is 0 Å². The molecule has 1 aliphatic rings. The highest BCUT2D eigenvalue weighted by atomic mass is 32.2. The fourth-order valence-electron chi connectivity index (χ4n) is 3.51. The first-order valence-electron chi connectivity index (χ1n) is 10.6. The Bertz CT molecular complexity index is 1300. The number of nitrogens with one attached hydrogen (secondary N) is 1. The van der Waals surface area contributed by atoms with Crippen LogP contribution in [-0.2, 0) is 14.8 Å². The van der Waals surface area contributed by atoms with Crippen LogP contribution >= 0.6 is 11.3 Å². The molecule has 1 saturated heterocycles. The van der Waals surface area contributed by atoms with Crippen LogP contribution in [0.3, 0.4) is 0 Å². The van der Waals surface area contributed by atoms with Crippen molar-refractivity contribution in [1.82, 2.24) is 14.2 Å². The number of anilines is 1. The zero-order valence-corrected chi connectivity index (χ0v) is 20.3. The van der Waals surface area contributed by atoms with Gasteiger partial charge in [0.25, 0.3) is 5.91 Å². The summed E-state index contributed by atoms with van der Waals surface area (Å²) in [6, 6.07) is 11.2. The average Bonchev–Trinajstić information content (AvgIpc) is 3.25. The summed E-state index contributed by atoms with van der Waals surface area (Å²) in [5, 5.41) is 3.19. The number of thiazole rings is 1. The molecule has 2 aromatic carbocycles. The van der Waals surface area contributed by atoms with E-state index in [2.05, 4.69) is 10.3 Å². The number of ether oxygens (including phenoxy) is 2. The van der Waals surface area contributed by atoms with Crippen molar-refractivity contribution in [2.45, 2.75) is 11.8 Å². The maximum absolute atomic E-state index is 13.0. The number of hydrogen-bond acceptors (Lipinski definition) is 8. The average molecular weight is 505 g/mol. The van der Waals surface area contributed by atoms with Crippen molar-refractivity contribution >= 4 is 48.7 Å². The Morgan fingerprint density at radius 3 is 2.44 bits per heavy atom. The highest BCUT2D eigenvalue weighted by molar-refractivity contribution is 7.89. The Morgan fingerprint density at radius 2 is 1.79 bits per heavy atom. The van der Waals surface area contributed by atoms with Gasteiger partial charge in [-0.05, 0) is 49.4 Å². The van der Waals surface area contributed by atoms with Gasteiger partial charge in [-0.25, -0.2) is 18.2 Å². The number of piperazine rings is 1. The number of carbonyl (C=O) groups is 2. The molecule has 2 heterocycles. The van der Waals surface area contributed by atoms with Crippen molar-refractivity contribution in [3.8, 4) is 5.75 Å². The molecule has 0 radical (unpaired) electrons. The van der Waals surface area contributed by atoms with E-state index in [1.807, 2.05) is 12.1 Å². The molecule has 34 heavy (non-hydrogen) atoms. The zero-order valence-electron chi connectivity index (χ0n) is 18.7. The predicted octanol–water partition coefficient (Wildman–Crippen LogP) is 3.02. The lowest BCUT2D eigenvalue weighted by atomic mass is 10.2. The summed E-state index contributed by atoms with van der Waals surface area (Å²) in [6.07, 6.45) is -0.442. The summed E-state index contributed by atoms with van der Waals surface area (Å²) >= 11 is 1.32.